The fourth-order valence-corrected chi connectivity index (χ4v) is 548. The van der Waals surface area contributed by atoms with E-state index in [4.69, 9.17) is 18.6 Å². The van der Waals surface area contributed by atoms with Gasteiger partial charge in [0.25, 0.3) is 0 Å². The molecule has 0 aliphatic carbocycles. The summed E-state index contributed by atoms with van der Waals surface area (Å²) in [6.45, 7) is 6.28. The zero-order valence-corrected chi connectivity index (χ0v) is 26.0. The van der Waals surface area contributed by atoms with Crippen molar-refractivity contribution in [2.24, 2.45) is 0 Å². The van der Waals surface area contributed by atoms with E-state index >= 15 is 0 Å². The van der Waals surface area contributed by atoms with Gasteiger partial charge in [0.1, 0.15) is 0 Å². The number of carbonyl (C=O) groups excluding carboxylic acids is 2. The van der Waals surface area contributed by atoms with E-state index in [9.17, 15) is 9.59 Å². The average Bonchev–Trinajstić information content (AvgIpc) is 2.35. The average molecular weight is 589 g/mol. The molecule has 1 heterocycles. The van der Waals surface area contributed by atoms with Gasteiger partial charge in [0, 0.05) is 0 Å². The van der Waals surface area contributed by atoms with Crippen molar-refractivity contribution < 1.29 is 75.4 Å². The molecule has 1 aliphatic rings. The molecule has 0 aromatic rings. The molecule has 2 N–H and O–H groups in total. The van der Waals surface area contributed by atoms with Gasteiger partial charge in [0.2, 0.25) is 0 Å². The Kier molecular flexibility index (Phi) is 11.5. The van der Waals surface area contributed by atoms with Crippen LogP contribution in [0.15, 0.2) is 0 Å². The van der Waals surface area contributed by atoms with E-state index in [-0.39, 0.29) is 37.3 Å². The Balaban J connectivity index is 3.15. The van der Waals surface area contributed by atoms with Crippen molar-refractivity contribution in [3.63, 3.8) is 0 Å². The number of amides is 2. The molecular weight excluding hydrogens is 562 g/mol. The third-order valence-corrected chi connectivity index (χ3v) is 236. The van der Waals surface area contributed by atoms with Crippen LogP contribution in [0.1, 0.15) is 46.5 Å². The molecule has 0 saturated carbocycles. The van der Waals surface area contributed by atoms with Crippen LogP contribution in [0.25, 0.3) is 0 Å². The molecule has 4 nitrogen and oxygen atoms in total. The van der Waals surface area contributed by atoms with E-state index in [1.807, 2.05) is 13.8 Å². The van der Waals surface area contributed by atoms with Crippen molar-refractivity contribution in [1.82, 2.24) is 7.60 Å². The van der Waals surface area contributed by atoms with Gasteiger partial charge in [-0.25, -0.2) is 0 Å². The first kappa shape index (κ1) is 25.8. The van der Waals surface area contributed by atoms with Gasteiger partial charge in [0.15, 0.2) is 0 Å². The Labute approximate surface area is 171 Å². The first-order valence-electron chi connectivity index (χ1n) is 8.47. The Bertz CT molecular complexity index is 494. The van der Waals surface area contributed by atoms with Gasteiger partial charge in [-0.1, -0.05) is 0 Å². The maximum absolute atomic E-state index is 12.4. The molecule has 1 saturated heterocycles. The Morgan fingerprint density at radius 3 is 2.12 bits per heavy atom. The standard InChI is InChI=1S/2C4H9NO.C2H5.2CH3.2ClH.6Ti/c2*1-2-3-4(5)6;1-2;;;;;;;;;;/h2*2-3H2,1H3,(H2,5,6);1H2,2H3;2*1H3;2*1H;;;;;;/q;;;;;;;;;;;+1;+3/p-4. The van der Waals surface area contributed by atoms with Crippen molar-refractivity contribution in [2.45, 2.75) is 61.6 Å². The summed E-state index contributed by atoms with van der Waals surface area (Å²) in [6, 6.07) is 0. The molecule has 1 aliphatic heterocycles. The van der Waals surface area contributed by atoms with Crippen LogP contribution >= 0.6 is 18.6 Å². The Hall–Kier alpha value is 3.81. The van der Waals surface area contributed by atoms with Crippen molar-refractivity contribution in [3.05, 3.63) is 0 Å². The van der Waals surface area contributed by atoms with Crippen LogP contribution in [0, 0.1) is 0 Å². The van der Waals surface area contributed by atoms with Crippen molar-refractivity contribution >= 4 is 30.4 Å². The van der Waals surface area contributed by atoms with Crippen LogP contribution in [0.4, 0.5) is 0 Å². The quantitative estimate of drug-likeness (QED) is 0.437. The summed E-state index contributed by atoms with van der Waals surface area (Å²) in [5, 5.41) is 4.98. The number of hydrogen-bond donors (Lipinski definition) is 2. The molecule has 135 valence electrons. The van der Waals surface area contributed by atoms with E-state index in [0.29, 0.717) is 12.8 Å². The predicted octanol–water partition coefficient (Wildman–Crippen LogP) is 4.24. The van der Waals surface area contributed by atoms with Crippen molar-refractivity contribution in [1.29, 1.82) is 0 Å². The molecule has 1 fully saturated rings. The molecule has 2 amide bonds. The summed E-state index contributed by atoms with van der Waals surface area (Å²) < 4.78 is 7.94. The second-order valence-corrected chi connectivity index (χ2v) is 115. The summed E-state index contributed by atoms with van der Waals surface area (Å²) in [6.07, 6.45) is 2.87. The van der Waals surface area contributed by atoms with Crippen molar-refractivity contribution in [2.75, 3.05) is 0 Å². The number of carbonyl (C=O) groups is 2. The van der Waals surface area contributed by atoms with Gasteiger partial charge in [-0.2, -0.15) is 0 Å². The molecule has 0 spiro atoms. The number of hydrogen-bond acceptors (Lipinski definition) is 2. The van der Waals surface area contributed by atoms with Crippen LogP contribution in [0.2, 0.25) is 15.2 Å². The van der Waals surface area contributed by atoms with Crippen LogP contribution in [0.3, 0.4) is 0 Å². The van der Waals surface area contributed by atoms with Gasteiger partial charge >= 0.3 is 175 Å². The molecule has 0 atom stereocenters. The maximum atomic E-state index is 12.4. The zero-order valence-electron chi connectivity index (χ0n) is 15.1. The van der Waals surface area contributed by atoms with E-state index in [1.54, 1.807) is 0 Å². The molecular formula is C12H27Cl2N2O2Ti6. The van der Waals surface area contributed by atoms with Crippen LogP contribution in [0.5, 0.6) is 0 Å². The Morgan fingerprint density at radius 1 is 1.08 bits per heavy atom. The molecule has 0 aromatic heterocycles. The number of halogens is 2. The third kappa shape index (κ3) is 7.57. The second-order valence-electron chi connectivity index (χ2n) is 6.69. The SMILES string of the molecule is CCCC(=O)[NH][Ti]1[Ti][Ti]([CH3])([CH3])[Ti][Ti]([Cl])([Cl])([NH]C(=O)CCC)[Ti]1[CH2]C. The van der Waals surface area contributed by atoms with E-state index in [1.165, 1.54) is 0 Å². The van der Waals surface area contributed by atoms with Gasteiger partial charge in [-0.15, -0.1) is 0 Å². The fraction of sp³-hybridized carbons (Fsp3) is 0.833. The van der Waals surface area contributed by atoms with Gasteiger partial charge in [-0.05, 0) is 0 Å². The van der Waals surface area contributed by atoms with Crippen LogP contribution < -0.4 is 7.60 Å². The molecule has 0 radical (unpaired) electrons. The topological polar surface area (TPSA) is 58.2 Å². The normalized spacial score (nSPS) is 22.4. The molecule has 24 heavy (non-hydrogen) atoms. The van der Waals surface area contributed by atoms with Gasteiger partial charge in [0.05, 0.1) is 0 Å². The first-order chi connectivity index (χ1) is 11.0. The zero-order chi connectivity index (χ0) is 18.6. The fourth-order valence-electron chi connectivity index (χ4n) is 2.93. The summed E-state index contributed by atoms with van der Waals surface area (Å²) in [5.41, 5.74) is 0. The molecule has 0 aromatic carbocycles. The second kappa shape index (κ2) is 10.7. The summed E-state index contributed by atoms with van der Waals surface area (Å²) in [7, 11) is 9.01. The predicted molar refractivity (Wildman–Crippen MR) is 80.0 cm³/mol. The van der Waals surface area contributed by atoms with E-state index in [0.717, 1.165) is 17.6 Å². The molecule has 0 bridgehead atoms. The van der Waals surface area contributed by atoms with E-state index in [2.05, 4.69) is 25.0 Å². The Morgan fingerprint density at radius 2 is 1.62 bits per heavy atom. The van der Waals surface area contributed by atoms with Crippen LogP contribution in [-0.4, -0.2) is 11.8 Å². The minimum atomic E-state index is -3.85. The molecule has 12 heteroatoms. The van der Waals surface area contributed by atoms with Gasteiger partial charge in [-0.3, -0.25) is 0 Å². The summed E-state index contributed by atoms with van der Waals surface area (Å²) in [5.74, 6) is 0.316. The monoisotopic (exact) mass is 589 g/mol. The minimum absolute atomic E-state index is 0.00655. The van der Waals surface area contributed by atoms with Crippen molar-refractivity contribution in [3.8, 4) is 0 Å². The van der Waals surface area contributed by atoms with Crippen LogP contribution in [-0.2, 0) is 75.4 Å². The first-order valence-corrected chi connectivity index (χ1v) is 42.6. The number of nitrogens with one attached hydrogen (secondary N) is 2. The summed E-state index contributed by atoms with van der Waals surface area (Å²) >= 11 is -3.79. The summed E-state index contributed by atoms with van der Waals surface area (Å²) in [4.78, 5) is 24.7. The molecule has 0 unspecified atom stereocenters. The third-order valence-electron chi connectivity index (χ3n) is 3.73. The molecule has 1 rings (SSSR count). The van der Waals surface area contributed by atoms with E-state index < -0.39 is 40.4 Å². The number of rotatable bonds is 7. The van der Waals surface area contributed by atoms with Gasteiger partial charge < -0.3 is 0 Å².